The maximum Gasteiger partial charge on any atom is 0.183 e. The summed E-state index contributed by atoms with van der Waals surface area (Å²) in [6.07, 6.45) is 7.79. The molecule has 156 valence electrons. The van der Waals surface area contributed by atoms with E-state index in [1.54, 1.807) is 4.68 Å². The Morgan fingerprint density at radius 2 is 1.87 bits per heavy atom. The van der Waals surface area contributed by atoms with E-state index in [2.05, 4.69) is 19.5 Å². The Hall–Kier alpha value is -3.39. The highest BCUT2D eigenvalue weighted by molar-refractivity contribution is 6.32. The number of benzene rings is 1. The molecule has 8 nitrogen and oxygen atoms in total. The predicted molar refractivity (Wildman–Crippen MR) is 118 cm³/mol. The summed E-state index contributed by atoms with van der Waals surface area (Å²) in [5, 5.41) is 4.98. The third kappa shape index (κ3) is 3.14. The molecule has 2 aliphatic heterocycles. The molecule has 0 amide bonds. The second-order valence-electron chi connectivity index (χ2n) is 7.67. The van der Waals surface area contributed by atoms with Crippen LogP contribution in [0.3, 0.4) is 0 Å². The summed E-state index contributed by atoms with van der Waals surface area (Å²) in [5.74, 6) is 3.24. The summed E-state index contributed by atoms with van der Waals surface area (Å²) in [4.78, 5) is 16.4. The van der Waals surface area contributed by atoms with Gasteiger partial charge < -0.3 is 14.2 Å². The van der Waals surface area contributed by atoms with Gasteiger partial charge in [-0.1, -0.05) is 23.7 Å². The van der Waals surface area contributed by atoms with Gasteiger partial charge in [-0.25, -0.2) is 19.6 Å². The largest absolute Gasteiger partial charge is 0.491 e. The van der Waals surface area contributed by atoms with Crippen LogP contribution in [0.5, 0.6) is 5.75 Å². The Morgan fingerprint density at radius 3 is 2.74 bits per heavy atom. The van der Waals surface area contributed by atoms with Crippen molar-refractivity contribution < 1.29 is 4.74 Å². The number of pyridine rings is 1. The van der Waals surface area contributed by atoms with Crippen LogP contribution in [0.25, 0.3) is 28.6 Å². The predicted octanol–water partition coefficient (Wildman–Crippen LogP) is 3.84. The number of para-hydroxylation sites is 1. The van der Waals surface area contributed by atoms with Crippen molar-refractivity contribution >= 4 is 17.4 Å². The number of halogens is 1. The van der Waals surface area contributed by atoms with Crippen LogP contribution in [0.2, 0.25) is 5.02 Å². The first-order valence-corrected chi connectivity index (χ1v) is 10.8. The molecular weight excluding hydrogens is 414 g/mol. The number of nitrogens with zero attached hydrogens (tertiary/aromatic N) is 7. The van der Waals surface area contributed by atoms with E-state index in [9.17, 15) is 0 Å². The highest BCUT2D eigenvalue weighted by Crippen LogP contribution is 2.36. The molecule has 0 N–H and O–H groups in total. The van der Waals surface area contributed by atoms with Crippen molar-refractivity contribution in [2.75, 3.05) is 24.6 Å². The zero-order chi connectivity index (χ0) is 20.8. The van der Waals surface area contributed by atoms with Gasteiger partial charge in [0, 0.05) is 31.5 Å². The third-order valence-corrected chi connectivity index (χ3v) is 6.07. The summed E-state index contributed by atoms with van der Waals surface area (Å²) in [6.45, 7) is 3.34. The summed E-state index contributed by atoms with van der Waals surface area (Å²) in [7, 11) is 0. The van der Waals surface area contributed by atoms with Crippen molar-refractivity contribution in [2.24, 2.45) is 0 Å². The third-order valence-electron chi connectivity index (χ3n) is 5.75. The minimum atomic E-state index is 0.566. The lowest BCUT2D eigenvalue weighted by molar-refractivity contribution is 0.306. The van der Waals surface area contributed by atoms with Gasteiger partial charge in [-0.05, 0) is 25.0 Å². The second-order valence-corrected chi connectivity index (χ2v) is 8.08. The minimum Gasteiger partial charge on any atom is -0.491 e. The van der Waals surface area contributed by atoms with E-state index in [1.807, 2.05) is 42.7 Å². The molecule has 3 aromatic heterocycles. The molecule has 0 bridgehead atoms. The lowest BCUT2D eigenvalue weighted by Crippen LogP contribution is -2.18. The topological polar surface area (TPSA) is 73.9 Å². The Kier molecular flexibility index (Phi) is 4.38. The fourth-order valence-electron chi connectivity index (χ4n) is 4.21. The van der Waals surface area contributed by atoms with Gasteiger partial charge in [-0.15, -0.1) is 0 Å². The normalized spacial score (nSPS) is 15.3. The van der Waals surface area contributed by atoms with E-state index < -0.39 is 0 Å². The van der Waals surface area contributed by atoms with Crippen LogP contribution in [-0.2, 0) is 6.54 Å². The smallest absolute Gasteiger partial charge is 0.183 e. The fraction of sp³-hybridized carbons (Fsp3) is 0.273. The molecule has 9 heteroatoms. The average molecular weight is 434 g/mol. The first-order valence-electron chi connectivity index (χ1n) is 10.4. The van der Waals surface area contributed by atoms with Crippen molar-refractivity contribution in [3.8, 4) is 34.3 Å². The fourth-order valence-corrected chi connectivity index (χ4v) is 4.43. The second kappa shape index (κ2) is 7.39. The molecule has 0 saturated carbocycles. The highest BCUT2D eigenvalue weighted by atomic mass is 35.5. The number of ether oxygens (including phenoxy) is 1. The van der Waals surface area contributed by atoms with E-state index in [4.69, 9.17) is 26.3 Å². The van der Waals surface area contributed by atoms with Crippen molar-refractivity contribution in [1.29, 1.82) is 0 Å². The molecule has 0 unspecified atom stereocenters. The number of fused-ring (bicyclic) bond motifs is 3. The van der Waals surface area contributed by atoms with Crippen LogP contribution in [-0.4, -0.2) is 49.0 Å². The molecule has 4 aromatic rings. The van der Waals surface area contributed by atoms with Crippen molar-refractivity contribution in [1.82, 2.24) is 29.3 Å². The van der Waals surface area contributed by atoms with E-state index in [0.29, 0.717) is 24.0 Å². The molecular formula is C22H20ClN7O. The SMILES string of the molecule is Clc1ccccc1-n1ncnc1-c1cn2c(n1)-c1cnc(N3CCCC3)cc1OCC2. The number of imidazole rings is 1. The molecule has 0 atom stereocenters. The molecule has 6 rings (SSSR count). The van der Waals surface area contributed by atoms with Crippen LogP contribution in [0.4, 0.5) is 5.82 Å². The Bertz CT molecular complexity index is 1260. The molecule has 2 aliphatic rings. The van der Waals surface area contributed by atoms with E-state index in [0.717, 1.165) is 47.4 Å². The average Bonchev–Trinajstić information content (AvgIpc) is 3.53. The number of hydrogen-bond acceptors (Lipinski definition) is 6. The summed E-state index contributed by atoms with van der Waals surface area (Å²) in [5.41, 5.74) is 2.37. The van der Waals surface area contributed by atoms with Crippen molar-refractivity contribution in [2.45, 2.75) is 19.4 Å². The van der Waals surface area contributed by atoms with Crippen LogP contribution in [0, 0.1) is 0 Å². The lowest BCUT2D eigenvalue weighted by atomic mass is 10.2. The minimum absolute atomic E-state index is 0.566. The quantitative estimate of drug-likeness (QED) is 0.488. The van der Waals surface area contributed by atoms with Gasteiger partial charge in [-0.3, -0.25) is 0 Å². The van der Waals surface area contributed by atoms with Crippen molar-refractivity contribution in [3.63, 3.8) is 0 Å². The van der Waals surface area contributed by atoms with E-state index in [-0.39, 0.29) is 0 Å². The molecule has 0 spiro atoms. The molecule has 5 heterocycles. The van der Waals surface area contributed by atoms with Gasteiger partial charge in [0.15, 0.2) is 5.82 Å². The zero-order valence-corrected chi connectivity index (χ0v) is 17.5. The van der Waals surface area contributed by atoms with Gasteiger partial charge in [0.25, 0.3) is 0 Å². The van der Waals surface area contributed by atoms with Gasteiger partial charge in [0.2, 0.25) is 0 Å². The standard InChI is InChI=1S/C22H20ClN7O/c23-16-5-1-2-6-18(16)30-22(25-14-26-30)17-13-29-9-10-31-19-11-20(28-7-3-4-8-28)24-12-15(19)21(29)27-17/h1-2,5-6,11-14H,3-4,7-10H2. The summed E-state index contributed by atoms with van der Waals surface area (Å²) >= 11 is 6.39. The Morgan fingerprint density at radius 1 is 1.00 bits per heavy atom. The summed E-state index contributed by atoms with van der Waals surface area (Å²) < 4.78 is 9.86. The Labute approximate surface area is 184 Å². The van der Waals surface area contributed by atoms with Crippen LogP contribution in [0.1, 0.15) is 12.8 Å². The van der Waals surface area contributed by atoms with Gasteiger partial charge in [-0.2, -0.15) is 5.10 Å². The van der Waals surface area contributed by atoms with E-state index >= 15 is 0 Å². The molecule has 1 fully saturated rings. The maximum absolute atomic E-state index is 6.39. The monoisotopic (exact) mass is 433 g/mol. The molecule has 0 radical (unpaired) electrons. The lowest BCUT2D eigenvalue weighted by Gasteiger charge is -2.17. The first kappa shape index (κ1) is 18.4. The van der Waals surface area contributed by atoms with Crippen LogP contribution in [0.15, 0.2) is 49.1 Å². The van der Waals surface area contributed by atoms with Crippen LogP contribution < -0.4 is 9.64 Å². The summed E-state index contributed by atoms with van der Waals surface area (Å²) in [6, 6.07) is 9.60. The molecule has 1 saturated heterocycles. The Balaban J connectivity index is 1.42. The van der Waals surface area contributed by atoms with Crippen LogP contribution >= 0.6 is 11.6 Å². The van der Waals surface area contributed by atoms with Gasteiger partial charge in [0.05, 0.1) is 22.8 Å². The maximum atomic E-state index is 6.39. The number of rotatable bonds is 3. The molecule has 1 aromatic carbocycles. The number of anilines is 1. The molecule has 0 aliphatic carbocycles. The van der Waals surface area contributed by atoms with Gasteiger partial charge in [0.1, 0.15) is 36.0 Å². The number of hydrogen-bond donors (Lipinski definition) is 0. The molecule has 31 heavy (non-hydrogen) atoms. The van der Waals surface area contributed by atoms with E-state index in [1.165, 1.54) is 19.2 Å². The highest BCUT2D eigenvalue weighted by Gasteiger charge is 2.24. The zero-order valence-electron chi connectivity index (χ0n) is 16.8. The van der Waals surface area contributed by atoms with Crippen molar-refractivity contribution in [3.05, 3.63) is 54.1 Å². The van der Waals surface area contributed by atoms with Gasteiger partial charge >= 0.3 is 0 Å². The first-order chi connectivity index (χ1) is 15.3. The number of aromatic nitrogens is 6.